The van der Waals surface area contributed by atoms with Gasteiger partial charge < -0.3 is 15.2 Å². The normalized spacial score (nSPS) is 22.3. The lowest BCUT2D eigenvalue weighted by Crippen LogP contribution is -2.42. The zero-order valence-electron chi connectivity index (χ0n) is 7.81. The Balaban J connectivity index is 2.18. The zero-order chi connectivity index (χ0) is 9.97. The van der Waals surface area contributed by atoms with Gasteiger partial charge in [0.15, 0.2) is 11.7 Å². The van der Waals surface area contributed by atoms with Gasteiger partial charge in [-0.3, -0.25) is 5.41 Å². The molecule has 0 radical (unpaired) electrons. The Morgan fingerprint density at radius 1 is 1.64 bits per heavy atom. The third-order valence-electron chi connectivity index (χ3n) is 2.52. The quantitative estimate of drug-likeness (QED) is 0.502. The first-order valence-corrected chi connectivity index (χ1v) is 4.67. The van der Waals surface area contributed by atoms with E-state index >= 15 is 0 Å². The van der Waals surface area contributed by atoms with E-state index in [-0.39, 0.29) is 12.0 Å². The molecule has 0 aliphatic carbocycles. The second-order valence-corrected chi connectivity index (χ2v) is 3.41. The van der Waals surface area contributed by atoms with Gasteiger partial charge in [-0.05, 0) is 19.3 Å². The van der Waals surface area contributed by atoms with Crippen molar-refractivity contribution in [2.75, 3.05) is 6.54 Å². The van der Waals surface area contributed by atoms with Crippen LogP contribution in [0.3, 0.4) is 0 Å². The van der Waals surface area contributed by atoms with Gasteiger partial charge in [-0.1, -0.05) is 0 Å². The van der Waals surface area contributed by atoms with Crippen LogP contribution in [0.4, 0.5) is 0 Å². The molecule has 3 N–H and O–H groups in total. The van der Waals surface area contributed by atoms with Crippen molar-refractivity contribution >= 4 is 5.96 Å². The lowest BCUT2D eigenvalue weighted by molar-refractivity contribution is 0.196. The number of nitrogens with zero attached hydrogens (tertiary/aromatic N) is 3. The van der Waals surface area contributed by atoms with Gasteiger partial charge in [0.05, 0.1) is 12.2 Å². The molecule has 0 spiro atoms. The van der Waals surface area contributed by atoms with E-state index < -0.39 is 0 Å². The third kappa shape index (κ3) is 1.55. The molecular weight excluding hydrogens is 182 g/mol. The summed E-state index contributed by atoms with van der Waals surface area (Å²) in [6.45, 7) is 0.806. The number of guanidine groups is 1. The van der Waals surface area contributed by atoms with E-state index in [9.17, 15) is 0 Å². The lowest BCUT2D eigenvalue weighted by atomic mass is 10.0. The predicted octanol–water partition coefficient (Wildman–Crippen LogP) is 0.490. The van der Waals surface area contributed by atoms with Crippen molar-refractivity contribution in [2.24, 2.45) is 5.73 Å². The fourth-order valence-electron chi connectivity index (χ4n) is 1.84. The molecule has 1 aliphatic heterocycles. The highest BCUT2D eigenvalue weighted by Crippen LogP contribution is 2.29. The van der Waals surface area contributed by atoms with Gasteiger partial charge in [0.25, 0.3) is 0 Å². The van der Waals surface area contributed by atoms with Crippen molar-refractivity contribution in [1.82, 2.24) is 15.3 Å². The van der Waals surface area contributed by atoms with Gasteiger partial charge in [0, 0.05) is 11.8 Å². The van der Waals surface area contributed by atoms with Gasteiger partial charge in [-0.25, -0.2) is 0 Å². The van der Waals surface area contributed by atoms with E-state index in [2.05, 4.69) is 10.4 Å². The molecule has 1 unspecified atom stereocenters. The Labute approximate surface area is 81.6 Å². The minimum absolute atomic E-state index is 0.0382. The van der Waals surface area contributed by atoms with E-state index in [4.69, 9.17) is 15.7 Å². The summed E-state index contributed by atoms with van der Waals surface area (Å²) in [5.74, 6) is 0.783. The second kappa shape index (κ2) is 3.65. The average Bonchev–Trinajstić information content (AvgIpc) is 2.70. The highest BCUT2D eigenvalue weighted by molar-refractivity contribution is 5.75. The molecule has 1 aromatic rings. The molecule has 6 nitrogen and oxygen atoms in total. The Bertz CT molecular complexity index is 310. The number of nitrogens with one attached hydrogen (secondary N) is 1. The first kappa shape index (κ1) is 8.98. The highest BCUT2D eigenvalue weighted by Gasteiger charge is 2.27. The Morgan fingerprint density at radius 2 is 2.50 bits per heavy atom. The molecule has 0 aromatic carbocycles. The number of likely N-dealkylation sites (tertiary alicyclic amines) is 1. The summed E-state index contributed by atoms with van der Waals surface area (Å²) < 4.78 is 5.00. The van der Waals surface area contributed by atoms with Gasteiger partial charge >= 0.3 is 0 Å². The molecule has 1 aromatic heterocycles. The molecule has 2 rings (SSSR count). The summed E-state index contributed by atoms with van der Waals surface area (Å²) in [4.78, 5) is 1.83. The van der Waals surface area contributed by atoms with Crippen molar-refractivity contribution in [3.63, 3.8) is 0 Å². The van der Waals surface area contributed by atoms with E-state index in [1.165, 1.54) is 0 Å². The molecule has 1 atom stereocenters. The van der Waals surface area contributed by atoms with Crippen LogP contribution in [0, 0.1) is 5.41 Å². The van der Waals surface area contributed by atoms with Crippen LogP contribution in [0.25, 0.3) is 0 Å². The number of rotatable bonds is 1. The fourth-order valence-corrected chi connectivity index (χ4v) is 1.84. The molecule has 1 aliphatic rings. The van der Waals surface area contributed by atoms with Crippen molar-refractivity contribution in [2.45, 2.75) is 25.3 Å². The Morgan fingerprint density at radius 3 is 3.14 bits per heavy atom. The zero-order valence-corrected chi connectivity index (χ0v) is 7.81. The SMILES string of the molecule is N=C(N)N1CCCCC1c1cnno1. The van der Waals surface area contributed by atoms with Crippen LogP contribution in [0.5, 0.6) is 0 Å². The van der Waals surface area contributed by atoms with Gasteiger partial charge in [0.1, 0.15) is 0 Å². The van der Waals surface area contributed by atoms with Crippen LogP contribution >= 0.6 is 0 Å². The summed E-state index contributed by atoms with van der Waals surface area (Å²) in [7, 11) is 0. The largest absolute Gasteiger partial charge is 0.370 e. The molecular formula is C8H13N5O. The Hall–Kier alpha value is -1.59. The molecule has 0 amide bonds. The second-order valence-electron chi connectivity index (χ2n) is 3.41. The maximum atomic E-state index is 7.44. The van der Waals surface area contributed by atoms with E-state index in [1.54, 1.807) is 6.20 Å². The van der Waals surface area contributed by atoms with Crippen molar-refractivity contribution in [3.8, 4) is 0 Å². The molecule has 1 saturated heterocycles. The highest BCUT2D eigenvalue weighted by atomic mass is 16.5. The van der Waals surface area contributed by atoms with Crippen molar-refractivity contribution in [3.05, 3.63) is 12.0 Å². The molecule has 14 heavy (non-hydrogen) atoms. The third-order valence-corrected chi connectivity index (χ3v) is 2.52. The van der Waals surface area contributed by atoms with Crippen LogP contribution < -0.4 is 5.73 Å². The van der Waals surface area contributed by atoms with E-state index in [0.29, 0.717) is 5.76 Å². The molecule has 1 fully saturated rings. The number of piperidine rings is 1. The topological polar surface area (TPSA) is 92.0 Å². The van der Waals surface area contributed by atoms with Gasteiger partial charge in [-0.15, -0.1) is 5.10 Å². The number of hydrogen-bond acceptors (Lipinski definition) is 4. The maximum absolute atomic E-state index is 7.44. The fraction of sp³-hybridized carbons (Fsp3) is 0.625. The Kier molecular flexibility index (Phi) is 2.34. The van der Waals surface area contributed by atoms with Crippen LogP contribution in [-0.2, 0) is 0 Å². The number of hydrogen-bond donors (Lipinski definition) is 2. The number of aromatic nitrogens is 2. The maximum Gasteiger partial charge on any atom is 0.189 e. The predicted molar refractivity (Wildman–Crippen MR) is 49.5 cm³/mol. The standard InChI is InChI=1S/C8H13N5O/c9-8(10)13-4-2-1-3-6(13)7-5-11-12-14-7/h5-6H,1-4H2,(H3,9,10). The summed E-state index contributed by atoms with van der Waals surface area (Å²) in [5, 5.41) is 14.5. The summed E-state index contributed by atoms with van der Waals surface area (Å²) in [5.41, 5.74) is 5.49. The van der Waals surface area contributed by atoms with Crippen molar-refractivity contribution < 1.29 is 4.52 Å². The number of nitrogens with two attached hydrogens (primary N) is 1. The molecule has 0 saturated carbocycles. The van der Waals surface area contributed by atoms with Crippen LogP contribution in [0.2, 0.25) is 0 Å². The lowest BCUT2D eigenvalue weighted by Gasteiger charge is -2.33. The summed E-state index contributed by atoms with van der Waals surface area (Å²) in [6.07, 6.45) is 4.72. The van der Waals surface area contributed by atoms with Gasteiger partial charge in [0.2, 0.25) is 0 Å². The van der Waals surface area contributed by atoms with E-state index in [0.717, 1.165) is 25.8 Å². The monoisotopic (exact) mass is 195 g/mol. The smallest absolute Gasteiger partial charge is 0.189 e. The van der Waals surface area contributed by atoms with E-state index in [1.807, 2.05) is 4.90 Å². The van der Waals surface area contributed by atoms with Crippen LogP contribution in [0.1, 0.15) is 31.1 Å². The first-order chi connectivity index (χ1) is 6.79. The first-order valence-electron chi connectivity index (χ1n) is 4.67. The molecule has 2 heterocycles. The minimum Gasteiger partial charge on any atom is -0.370 e. The molecule has 76 valence electrons. The van der Waals surface area contributed by atoms with Gasteiger partial charge in [-0.2, -0.15) is 0 Å². The summed E-state index contributed by atoms with van der Waals surface area (Å²) >= 11 is 0. The van der Waals surface area contributed by atoms with Crippen LogP contribution in [0.15, 0.2) is 10.7 Å². The molecule has 6 heteroatoms. The van der Waals surface area contributed by atoms with Crippen molar-refractivity contribution in [1.29, 1.82) is 5.41 Å². The average molecular weight is 195 g/mol. The summed E-state index contributed by atoms with van der Waals surface area (Å²) in [6, 6.07) is 0.0382. The minimum atomic E-state index is 0.0382. The van der Waals surface area contributed by atoms with Crippen LogP contribution in [-0.4, -0.2) is 27.8 Å². The molecule has 0 bridgehead atoms.